The van der Waals surface area contributed by atoms with Crippen LogP contribution in [0.2, 0.25) is 0 Å². The van der Waals surface area contributed by atoms with Crippen molar-refractivity contribution in [3.05, 3.63) is 27.1 Å². The van der Waals surface area contributed by atoms with Gasteiger partial charge >= 0.3 is 6.09 Å². The highest BCUT2D eigenvalue weighted by molar-refractivity contribution is 9.11. The standard InChI is InChI=1S/C17H22Br2N2O3/c1-10-7-14(21(9-10)16(23)24-17(2,3)4)15(22)20-13-8-11(18)5-6-12(13)19/h5-6,8,10,14H,7,9H2,1-4H3,(H,20,22). The predicted octanol–water partition coefficient (Wildman–Crippen LogP) is 4.80. The van der Waals surface area contributed by atoms with Gasteiger partial charge in [0.1, 0.15) is 11.6 Å². The highest BCUT2D eigenvalue weighted by Gasteiger charge is 2.40. The first-order chi connectivity index (χ1) is 11.1. The summed E-state index contributed by atoms with van der Waals surface area (Å²) in [6.45, 7) is 8.00. The third-order valence-corrected chi connectivity index (χ3v) is 4.81. The van der Waals surface area contributed by atoms with E-state index in [1.54, 1.807) is 0 Å². The predicted molar refractivity (Wildman–Crippen MR) is 101 cm³/mol. The van der Waals surface area contributed by atoms with Crippen molar-refractivity contribution in [2.45, 2.75) is 45.8 Å². The second-order valence-corrected chi connectivity index (χ2v) is 8.87. The van der Waals surface area contributed by atoms with Crippen molar-refractivity contribution in [1.82, 2.24) is 4.90 Å². The Morgan fingerprint density at radius 2 is 1.96 bits per heavy atom. The van der Waals surface area contributed by atoms with Gasteiger partial charge in [-0.15, -0.1) is 0 Å². The van der Waals surface area contributed by atoms with Crippen molar-refractivity contribution in [2.24, 2.45) is 5.92 Å². The Hall–Kier alpha value is -1.08. The van der Waals surface area contributed by atoms with Gasteiger partial charge in [-0.2, -0.15) is 0 Å². The van der Waals surface area contributed by atoms with E-state index in [-0.39, 0.29) is 11.8 Å². The first kappa shape index (κ1) is 19.2. The van der Waals surface area contributed by atoms with E-state index in [1.807, 2.05) is 45.9 Å². The Morgan fingerprint density at radius 3 is 2.58 bits per heavy atom. The van der Waals surface area contributed by atoms with Gasteiger partial charge in [0, 0.05) is 15.5 Å². The first-order valence-corrected chi connectivity index (χ1v) is 9.41. The maximum atomic E-state index is 12.7. The van der Waals surface area contributed by atoms with Gasteiger partial charge in [-0.3, -0.25) is 9.69 Å². The van der Waals surface area contributed by atoms with Crippen LogP contribution in [0.5, 0.6) is 0 Å². The number of hydrogen-bond donors (Lipinski definition) is 1. The fraction of sp³-hybridized carbons (Fsp3) is 0.529. The minimum atomic E-state index is -0.586. The van der Waals surface area contributed by atoms with Crippen LogP contribution < -0.4 is 5.32 Å². The molecule has 24 heavy (non-hydrogen) atoms. The van der Waals surface area contributed by atoms with Crippen LogP contribution in [0.25, 0.3) is 0 Å². The highest BCUT2D eigenvalue weighted by atomic mass is 79.9. The Balaban J connectivity index is 2.14. The molecule has 1 N–H and O–H groups in total. The molecule has 0 spiro atoms. The first-order valence-electron chi connectivity index (χ1n) is 7.82. The largest absolute Gasteiger partial charge is 0.444 e. The molecule has 2 rings (SSSR count). The lowest BCUT2D eigenvalue weighted by Crippen LogP contribution is -2.45. The number of likely N-dealkylation sites (tertiary alicyclic amines) is 1. The second kappa shape index (κ2) is 7.44. The van der Waals surface area contributed by atoms with E-state index in [1.165, 1.54) is 4.90 Å². The summed E-state index contributed by atoms with van der Waals surface area (Å²) in [5, 5.41) is 2.90. The Kier molecular flexibility index (Phi) is 5.96. The number of anilines is 1. The number of amides is 2. The molecule has 1 heterocycles. The minimum Gasteiger partial charge on any atom is -0.444 e. The van der Waals surface area contributed by atoms with Crippen LogP contribution in [0.1, 0.15) is 34.1 Å². The number of rotatable bonds is 2. The van der Waals surface area contributed by atoms with Crippen LogP contribution in [-0.4, -0.2) is 35.1 Å². The number of ether oxygens (including phenoxy) is 1. The van der Waals surface area contributed by atoms with Crippen molar-refractivity contribution >= 4 is 49.5 Å². The van der Waals surface area contributed by atoms with Gasteiger partial charge in [-0.1, -0.05) is 22.9 Å². The molecule has 1 aliphatic rings. The summed E-state index contributed by atoms with van der Waals surface area (Å²) in [6.07, 6.45) is 0.178. The molecule has 2 amide bonds. The monoisotopic (exact) mass is 460 g/mol. The van der Waals surface area contributed by atoms with Crippen molar-refractivity contribution in [1.29, 1.82) is 0 Å². The summed E-state index contributed by atoms with van der Waals surface area (Å²) in [5.41, 5.74) is 0.0788. The fourth-order valence-corrected chi connectivity index (χ4v) is 3.33. The van der Waals surface area contributed by atoms with E-state index in [0.717, 1.165) is 8.95 Å². The average molecular weight is 462 g/mol. The van der Waals surface area contributed by atoms with Crippen molar-refractivity contribution in [3.8, 4) is 0 Å². The number of carbonyl (C=O) groups is 2. The molecule has 1 aromatic rings. The normalized spacial score (nSPS) is 20.8. The number of carbonyl (C=O) groups excluding carboxylic acids is 2. The molecule has 0 saturated carbocycles. The molecule has 2 atom stereocenters. The summed E-state index contributed by atoms with van der Waals surface area (Å²) in [7, 11) is 0. The van der Waals surface area contributed by atoms with Crippen molar-refractivity contribution in [2.75, 3.05) is 11.9 Å². The summed E-state index contributed by atoms with van der Waals surface area (Å²) in [5.74, 6) is 0.0447. The maximum absolute atomic E-state index is 12.7. The van der Waals surface area contributed by atoms with E-state index in [9.17, 15) is 9.59 Å². The van der Waals surface area contributed by atoms with Gasteiger partial charge in [0.25, 0.3) is 0 Å². The van der Waals surface area contributed by atoms with Gasteiger partial charge in [0.2, 0.25) is 5.91 Å². The van der Waals surface area contributed by atoms with Crippen LogP contribution in [-0.2, 0) is 9.53 Å². The van der Waals surface area contributed by atoms with Gasteiger partial charge in [0.05, 0.1) is 5.69 Å². The lowest BCUT2D eigenvalue weighted by atomic mass is 10.1. The van der Waals surface area contributed by atoms with Gasteiger partial charge < -0.3 is 10.1 Å². The molecule has 132 valence electrons. The zero-order valence-electron chi connectivity index (χ0n) is 14.2. The van der Waals surface area contributed by atoms with Gasteiger partial charge in [-0.25, -0.2) is 4.79 Å². The molecule has 1 aliphatic heterocycles. The molecule has 0 aromatic heterocycles. The molecule has 0 radical (unpaired) electrons. The summed E-state index contributed by atoms with van der Waals surface area (Å²) in [4.78, 5) is 26.6. The molecule has 1 aromatic carbocycles. The Morgan fingerprint density at radius 1 is 1.29 bits per heavy atom. The third-order valence-electron chi connectivity index (χ3n) is 3.63. The molecule has 0 aliphatic carbocycles. The van der Waals surface area contributed by atoms with E-state index < -0.39 is 17.7 Å². The van der Waals surface area contributed by atoms with Crippen LogP contribution in [0.15, 0.2) is 27.1 Å². The number of halogens is 2. The SMILES string of the molecule is CC1CC(C(=O)Nc2cc(Br)ccc2Br)N(C(=O)OC(C)(C)C)C1. The molecule has 2 unspecified atom stereocenters. The zero-order valence-corrected chi connectivity index (χ0v) is 17.4. The third kappa shape index (κ3) is 4.96. The molecule has 7 heteroatoms. The van der Waals surface area contributed by atoms with Crippen LogP contribution in [0.3, 0.4) is 0 Å². The summed E-state index contributed by atoms with van der Waals surface area (Å²) in [6, 6.07) is 5.02. The molecule has 1 fully saturated rings. The Bertz CT molecular complexity index is 643. The van der Waals surface area contributed by atoms with Crippen LogP contribution in [0, 0.1) is 5.92 Å². The van der Waals surface area contributed by atoms with E-state index in [2.05, 4.69) is 37.2 Å². The Labute approximate surface area is 159 Å². The molecule has 5 nitrogen and oxygen atoms in total. The summed E-state index contributed by atoms with van der Waals surface area (Å²) < 4.78 is 7.09. The average Bonchev–Trinajstić information content (AvgIpc) is 2.83. The van der Waals surface area contributed by atoms with Crippen LogP contribution in [0.4, 0.5) is 10.5 Å². The molecular weight excluding hydrogens is 440 g/mol. The van der Waals surface area contributed by atoms with Crippen molar-refractivity contribution < 1.29 is 14.3 Å². The number of nitrogens with one attached hydrogen (secondary N) is 1. The highest BCUT2D eigenvalue weighted by Crippen LogP contribution is 2.29. The van der Waals surface area contributed by atoms with E-state index in [4.69, 9.17) is 4.74 Å². The topological polar surface area (TPSA) is 58.6 Å². The summed E-state index contributed by atoms with van der Waals surface area (Å²) >= 11 is 6.81. The lowest BCUT2D eigenvalue weighted by molar-refractivity contribution is -0.120. The van der Waals surface area contributed by atoms with Crippen LogP contribution >= 0.6 is 31.9 Å². The zero-order chi connectivity index (χ0) is 18.1. The van der Waals surface area contributed by atoms with Gasteiger partial charge in [0.15, 0.2) is 0 Å². The fourth-order valence-electron chi connectivity index (χ4n) is 2.63. The molecule has 0 bridgehead atoms. The smallest absolute Gasteiger partial charge is 0.410 e. The molecular formula is C17H22Br2N2O3. The maximum Gasteiger partial charge on any atom is 0.410 e. The lowest BCUT2D eigenvalue weighted by Gasteiger charge is -2.28. The quantitative estimate of drug-likeness (QED) is 0.688. The van der Waals surface area contributed by atoms with E-state index >= 15 is 0 Å². The number of hydrogen-bond acceptors (Lipinski definition) is 3. The van der Waals surface area contributed by atoms with E-state index in [0.29, 0.717) is 18.7 Å². The number of nitrogens with zero attached hydrogens (tertiary/aromatic N) is 1. The van der Waals surface area contributed by atoms with Crippen molar-refractivity contribution in [3.63, 3.8) is 0 Å². The molecule has 1 saturated heterocycles. The minimum absolute atomic E-state index is 0.205. The second-order valence-electron chi connectivity index (χ2n) is 7.10. The number of benzene rings is 1. The van der Waals surface area contributed by atoms with Gasteiger partial charge in [-0.05, 0) is 67.2 Å².